The number of hydrogen-bond donors (Lipinski definition) is 0. The van der Waals surface area contributed by atoms with Gasteiger partial charge in [0.2, 0.25) is 0 Å². The number of aryl methyl sites for hydroxylation is 6. The van der Waals surface area contributed by atoms with Crippen molar-refractivity contribution in [1.29, 1.82) is 0 Å². The molecule has 237 valence electrons. The largest absolute Gasteiger partial charge is 0.501 e. The minimum Gasteiger partial charge on any atom is -0.501 e. The van der Waals surface area contributed by atoms with Crippen molar-refractivity contribution in [1.82, 2.24) is 9.97 Å². The maximum atomic E-state index is 6.40. The number of fused-ring (bicyclic) bond motifs is 4. The van der Waals surface area contributed by atoms with Crippen LogP contribution in [0.3, 0.4) is 0 Å². The number of furan rings is 1. The summed E-state index contributed by atoms with van der Waals surface area (Å²) in [6, 6.07) is 25.7. The Balaban J connectivity index is 0.000000220. The topological polar surface area (TPSA) is 38.9 Å². The van der Waals surface area contributed by atoms with Crippen molar-refractivity contribution in [3.8, 4) is 22.5 Å². The van der Waals surface area contributed by atoms with Gasteiger partial charge in [-0.3, -0.25) is 0 Å². The summed E-state index contributed by atoms with van der Waals surface area (Å²) in [4.78, 5) is 10.5. The van der Waals surface area contributed by atoms with Crippen LogP contribution in [0.1, 0.15) is 59.0 Å². The molecular weight excluding hydrogens is 761 g/mol. The van der Waals surface area contributed by atoms with Gasteiger partial charge in [0.15, 0.2) is 0 Å². The van der Waals surface area contributed by atoms with Crippen LogP contribution < -0.4 is 0 Å². The molecule has 0 amide bonds. The molecule has 0 fully saturated rings. The molecule has 0 saturated heterocycles. The summed E-state index contributed by atoms with van der Waals surface area (Å²) in [5.74, 6) is 0. The number of aromatic nitrogens is 2. The molecule has 5 heteroatoms. The molecule has 0 bridgehead atoms. The number of hydrogen-bond acceptors (Lipinski definition) is 4. The van der Waals surface area contributed by atoms with Gasteiger partial charge in [0.05, 0.1) is 5.58 Å². The Morgan fingerprint density at radius 3 is 2.20 bits per heavy atom. The molecular formula is C41H40IrN2OS-2. The summed E-state index contributed by atoms with van der Waals surface area (Å²) in [5.41, 5.74) is 13.6. The van der Waals surface area contributed by atoms with E-state index in [4.69, 9.17) is 9.40 Å². The Kier molecular flexibility index (Phi) is 9.70. The fourth-order valence-corrected chi connectivity index (χ4v) is 6.75. The number of rotatable bonds is 3. The Morgan fingerprint density at radius 2 is 1.50 bits per heavy atom. The van der Waals surface area contributed by atoms with Gasteiger partial charge in [0.25, 0.3) is 0 Å². The molecule has 4 aromatic heterocycles. The van der Waals surface area contributed by atoms with E-state index in [1.165, 1.54) is 48.3 Å². The zero-order chi connectivity index (χ0) is 32.0. The molecule has 7 rings (SSSR count). The zero-order valence-electron chi connectivity index (χ0n) is 28.1. The molecule has 1 radical (unpaired) electrons. The minimum atomic E-state index is 0. The second kappa shape index (κ2) is 13.2. The van der Waals surface area contributed by atoms with E-state index in [0.717, 1.165) is 50.9 Å². The summed E-state index contributed by atoms with van der Waals surface area (Å²) in [6.45, 7) is 19.6. The van der Waals surface area contributed by atoms with E-state index in [-0.39, 0.29) is 25.5 Å². The van der Waals surface area contributed by atoms with Crippen LogP contribution in [0.2, 0.25) is 0 Å². The van der Waals surface area contributed by atoms with E-state index in [1.807, 2.05) is 35.9 Å². The summed E-state index contributed by atoms with van der Waals surface area (Å²) in [6.07, 6.45) is 4.91. The third-order valence-electron chi connectivity index (χ3n) is 8.54. The van der Waals surface area contributed by atoms with Gasteiger partial charge in [-0.15, -0.1) is 64.9 Å². The van der Waals surface area contributed by atoms with Gasteiger partial charge in [0, 0.05) is 47.5 Å². The van der Waals surface area contributed by atoms with Crippen molar-refractivity contribution in [2.75, 3.05) is 0 Å². The Labute approximate surface area is 290 Å². The number of thiophene rings is 1. The third kappa shape index (κ3) is 6.88. The van der Waals surface area contributed by atoms with Crippen molar-refractivity contribution >= 4 is 43.4 Å². The molecule has 3 nitrogen and oxygen atoms in total. The van der Waals surface area contributed by atoms with Crippen LogP contribution in [0.4, 0.5) is 0 Å². The molecule has 0 aliphatic heterocycles. The molecule has 0 aliphatic carbocycles. The first kappa shape index (κ1) is 33.7. The van der Waals surface area contributed by atoms with E-state index in [1.54, 1.807) is 0 Å². The Hall–Kier alpha value is -3.63. The summed E-state index contributed by atoms with van der Waals surface area (Å²) in [5, 5.41) is 3.61. The molecule has 0 aliphatic rings. The molecule has 0 saturated carbocycles. The van der Waals surface area contributed by atoms with Crippen LogP contribution >= 0.6 is 11.3 Å². The van der Waals surface area contributed by atoms with Crippen LogP contribution in [-0.2, 0) is 26.5 Å². The fourth-order valence-electron chi connectivity index (χ4n) is 5.66. The fraction of sp³-hybridized carbons (Fsp3) is 0.268. The van der Waals surface area contributed by atoms with E-state index in [2.05, 4.69) is 122 Å². The predicted molar refractivity (Wildman–Crippen MR) is 191 cm³/mol. The van der Waals surface area contributed by atoms with Gasteiger partial charge in [0.1, 0.15) is 5.58 Å². The van der Waals surface area contributed by atoms with Gasteiger partial charge >= 0.3 is 0 Å². The van der Waals surface area contributed by atoms with Crippen molar-refractivity contribution in [2.45, 2.75) is 68.7 Å². The average Bonchev–Trinajstić information content (AvgIpc) is 3.50. The quantitative estimate of drug-likeness (QED) is 0.167. The Bertz CT molecular complexity index is 2180. The second-order valence-corrected chi connectivity index (χ2v) is 14.7. The van der Waals surface area contributed by atoms with Gasteiger partial charge < -0.3 is 14.4 Å². The smallest absolute Gasteiger partial charge is 0.122 e. The van der Waals surface area contributed by atoms with Gasteiger partial charge in [-0.25, -0.2) is 0 Å². The van der Waals surface area contributed by atoms with Crippen LogP contribution in [0.25, 0.3) is 54.5 Å². The molecule has 0 N–H and O–H groups in total. The van der Waals surface area contributed by atoms with Crippen LogP contribution in [0.5, 0.6) is 0 Å². The van der Waals surface area contributed by atoms with Gasteiger partial charge in [-0.05, 0) is 92.1 Å². The van der Waals surface area contributed by atoms with Crippen LogP contribution in [0.15, 0.2) is 71.4 Å². The third-order valence-corrected chi connectivity index (χ3v) is 9.71. The van der Waals surface area contributed by atoms with Crippen LogP contribution in [0, 0.1) is 59.1 Å². The van der Waals surface area contributed by atoms with Crippen molar-refractivity contribution < 1.29 is 24.5 Å². The summed E-state index contributed by atoms with van der Waals surface area (Å²) < 4.78 is 7.68. The minimum absolute atomic E-state index is 0. The van der Waals surface area contributed by atoms with E-state index < -0.39 is 0 Å². The number of benzene rings is 3. The van der Waals surface area contributed by atoms with Gasteiger partial charge in [-0.2, -0.15) is 0 Å². The molecule has 7 aromatic rings. The first-order valence-electron chi connectivity index (χ1n) is 15.5. The first-order valence-corrected chi connectivity index (χ1v) is 16.3. The van der Waals surface area contributed by atoms with Crippen LogP contribution in [-0.4, -0.2) is 9.97 Å². The first-order chi connectivity index (χ1) is 21.4. The molecule has 0 atom stereocenters. The predicted octanol–water partition coefficient (Wildman–Crippen LogP) is 11.6. The maximum absolute atomic E-state index is 6.40. The van der Waals surface area contributed by atoms with Crippen molar-refractivity contribution in [3.63, 3.8) is 0 Å². The number of nitrogens with zero attached hydrogens (tertiary/aromatic N) is 2. The number of pyridine rings is 2. The van der Waals surface area contributed by atoms with Crippen molar-refractivity contribution in [3.05, 3.63) is 117 Å². The normalized spacial score (nSPS) is 11.5. The summed E-state index contributed by atoms with van der Waals surface area (Å²) >= 11 is 1.83. The standard InChI is InChI=1S/C27H26NOS.C14H14N.Ir/c1-15-14-28-23(10-18(15)13-27(4,5)6)20-9-7-8-19-22-11-21-16(2)17(3)30-25(21)12-24(22)29-26(19)20;1-10-4-6-13(7-5-10)14-8-11(2)12(3)9-15-14;/h7-8,10-12,14H,13H2,1-6H3;4-6,8-9H,1-3H3;/q2*-1;. The molecule has 4 heterocycles. The monoisotopic (exact) mass is 801 g/mol. The van der Waals surface area contributed by atoms with E-state index in [9.17, 15) is 0 Å². The molecule has 3 aromatic carbocycles. The van der Waals surface area contributed by atoms with Gasteiger partial charge in [-0.1, -0.05) is 61.9 Å². The zero-order valence-corrected chi connectivity index (χ0v) is 31.3. The SMILES string of the molecule is Cc1c[c-]c(-c2cc(C)c(C)cn2)cc1.Cc1cnc(-c2[c-]ccc3c2oc2cc4sc(C)c(C)c4cc23)cc1CC(C)(C)C.[Ir]. The Morgan fingerprint density at radius 1 is 0.761 bits per heavy atom. The summed E-state index contributed by atoms with van der Waals surface area (Å²) in [7, 11) is 0. The van der Waals surface area contributed by atoms with E-state index >= 15 is 0 Å². The molecule has 0 spiro atoms. The van der Waals surface area contributed by atoms with Crippen molar-refractivity contribution in [2.24, 2.45) is 5.41 Å². The average molecular weight is 801 g/mol. The molecule has 46 heavy (non-hydrogen) atoms. The maximum Gasteiger partial charge on any atom is 0.122 e. The van der Waals surface area contributed by atoms with E-state index in [0.29, 0.717) is 0 Å². The second-order valence-electron chi connectivity index (χ2n) is 13.5. The molecule has 0 unspecified atom stereocenters.